The van der Waals surface area contributed by atoms with Gasteiger partial charge < -0.3 is 5.11 Å². The summed E-state index contributed by atoms with van der Waals surface area (Å²) in [5, 5.41) is 19.4. The van der Waals surface area contributed by atoms with E-state index < -0.39 is 10.9 Å². The van der Waals surface area contributed by atoms with Gasteiger partial charge in [-0.25, -0.2) is 0 Å². The van der Waals surface area contributed by atoms with Crippen LogP contribution in [0.4, 0.5) is 5.69 Å². The number of carboxylic acid groups (broad SMARTS) is 1. The minimum atomic E-state index is -0.855. The van der Waals surface area contributed by atoms with Crippen LogP contribution in [-0.2, 0) is 17.0 Å². The molecule has 0 saturated carbocycles. The predicted octanol–water partition coefficient (Wildman–Crippen LogP) is 3.51. The second kappa shape index (κ2) is 6.90. The van der Waals surface area contributed by atoms with Crippen molar-refractivity contribution >= 4 is 23.4 Å². The Kier molecular flexibility index (Phi) is 4.94. The molecule has 0 bridgehead atoms. The van der Waals surface area contributed by atoms with Crippen molar-refractivity contribution in [3.63, 3.8) is 0 Å². The van der Waals surface area contributed by atoms with Crippen molar-refractivity contribution in [2.45, 2.75) is 17.1 Å². The van der Waals surface area contributed by atoms with Crippen LogP contribution in [0.15, 0.2) is 53.4 Å². The number of thioether (sulfide) groups is 1. The fourth-order valence-corrected chi connectivity index (χ4v) is 2.65. The maximum Gasteiger partial charge on any atom is 0.307 e. The molecule has 5 nitrogen and oxygen atoms in total. The van der Waals surface area contributed by atoms with E-state index in [0.29, 0.717) is 5.75 Å². The zero-order valence-electron chi connectivity index (χ0n) is 11.1. The van der Waals surface area contributed by atoms with Gasteiger partial charge >= 0.3 is 5.97 Å². The number of non-ortho nitro benzene ring substituents is 1. The summed E-state index contributed by atoms with van der Waals surface area (Å²) < 4.78 is 0. The first kappa shape index (κ1) is 15.1. The first-order chi connectivity index (χ1) is 10.0. The Labute approximate surface area is 125 Å². The Hall–Kier alpha value is -2.34. The summed E-state index contributed by atoms with van der Waals surface area (Å²) in [6.45, 7) is 0. The Morgan fingerprint density at radius 1 is 1.14 bits per heavy atom. The lowest BCUT2D eigenvalue weighted by atomic mass is 10.2. The third-order valence-electron chi connectivity index (χ3n) is 2.81. The van der Waals surface area contributed by atoms with Crippen LogP contribution in [0.5, 0.6) is 0 Å². The summed E-state index contributed by atoms with van der Waals surface area (Å²) in [5.74, 6) is -0.230. The van der Waals surface area contributed by atoms with Crippen molar-refractivity contribution < 1.29 is 14.8 Å². The summed E-state index contributed by atoms with van der Waals surface area (Å²) in [5.41, 5.74) is 1.72. The van der Waals surface area contributed by atoms with Crippen LogP contribution >= 0.6 is 11.8 Å². The summed E-state index contributed by atoms with van der Waals surface area (Å²) in [7, 11) is 0. The topological polar surface area (TPSA) is 80.4 Å². The van der Waals surface area contributed by atoms with Gasteiger partial charge in [0.15, 0.2) is 0 Å². The molecule has 0 saturated heterocycles. The third-order valence-corrected chi connectivity index (χ3v) is 3.89. The SMILES string of the molecule is O=C(O)Cc1ccc(SCc2cccc([N+](=O)[O-])c2)cc1. The van der Waals surface area contributed by atoms with E-state index in [1.165, 1.54) is 6.07 Å². The van der Waals surface area contributed by atoms with Gasteiger partial charge in [0.2, 0.25) is 0 Å². The predicted molar refractivity (Wildman–Crippen MR) is 80.4 cm³/mol. The van der Waals surface area contributed by atoms with Crippen LogP contribution in [0.1, 0.15) is 11.1 Å². The average Bonchev–Trinajstić information content (AvgIpc) is 2.46. The van der Waals surface area contributed by atoms with Gasteiger partial charge in [-0.3, -0.25) is 14.9 Å². The molecule has 2 aromatic carbocycles. The van der Waals surface area contributed by atoms with E-state index in [2.05, 4.69) is 0 Å². The molecule has 0 spiro atoms. The molecular weight excluding hydrogens is 290 g/mol. The molecule has 0 unspecified atom stereocenters. The van der Waals surface area contributed by atoms with E-state index in [-0.39, 0.29) is 12.1 Å². The van der Waals surface area contributed by atoms with Gasteiger partial charge in [-0.05, 0) is 23.3 Å². The van der Waals surface area contributed by atoms with E-state index in [4.69, 9.17) is 5.11 Å². The van der Waals surface area contributed by atoms with Crippen molar-refractivity contribution in [3.05, 3.63) is 69.8 Å². The number of nitro groups is 1. The largest absolute Gasteiger partial charge is 0.481 e. The van der Waals surface area contributed by atoms with Gasteiger partial charge in [0, 0.05) is 22.8 Å². The molecule has 0 aliphatic heterocycles. The summed E-state index contributed by atoms with van der Waals surface area (Å²) in [6.07, 6.45) is 0.00975. The van der Waals surface area contributed by atoms with E-state index in [9.17, 15) is 14.9 Å². The lowest BCUT2D eigenvalue weighted by Crippen LogP contribution is -1.99. The van der Waals surface area contributed by atoms with Crippen LogP contribution in [0.2, 0.25) is 0 Å². The summed E-state index contributed by atoms with van der Waals surface area (Å²) in [6, 6.07) is 13.8. The molecule has 1 N–H and O–H groups in total. The van der Waals surface area contributed by atoms with E-state index in [0.717, 1.165) is 16.0 Å². The fourth-order valence-electron chi connectivity index (χ4n) is 1.80. The molecule has 2 aromatic rings. The Bertz CT molecular complexity index is 655. The minimum Gasteiger partial charge on any atom is -0.481 e. The normalized spacial score (nSPS) is 10.3. The second-order valence-corrected chi connectivity index (χ2v) is 5.48. The van der Waals surface area contributed by atoms with Gasteiger partial charge in [-0.2, -0.15) is 0 Å². The summed E-state index contributed by atoms with van der Waals surface area (Å²) in [4.78, 5) is 21.9. The van der Waals surface area contributed by atoms with E-state index in [1.54, 1.807) is 36.0 Å². The Balaban J connectivity index is 1.98. The fraction of sp³-hybridized carbons (Fsp3) is 0.133. The van der Waals surface area contributed by atoms with Crippen LogP contribution in [0, 0.1) is 10.1 Å². The van der Waals surface area contributed by atoms with Crippen molar-refractivity contribution in [2.24, 2.45) is 0 Å². The number of carbonyl (C=O) groups is 1. The number of hydrogen-bond donors (Lipinski definition) is 1. The molecule has 0 aliphatic rings. The standard InChI is InChI=1S/C15H13NO4S/c17-15(18)9-11-4-6-14(7-5-11)21-10-12-2-1-3-13(8-12)16(19)20/h1-8H,9-10H2,(H,17,18). The molecule has 21 heavy (non-hydrogen) atoms. The van der Waals surface area contributed by atoms with Crippen LogP contribution in [-0.4, -0.2) is 16.0 Å². The molecule has 108 valence electrons. The highest BCUT2D eigenvalue weighted by molar-refractivity contribution is 7.98. The van der Waals surface area contributed by atoms with Crippen molar-refractivity contribution in [1.82, 2.24) is 0 Å². The molecule has 0 radical (unpaired) electrons. The van der Waals surface area contributed by atoms with E-state index >= 15 is 0 Å². The molecule has 0 fully saturated rings. The van der Waals surface area contributed by atoms with Crippen LogP contribution in [0.25, 0.3) is 0 Å². The van der Waals surface area contributed by atoms with Crippen molar-refractivity contribution in [3.8, 4) is 0 Å². The smallest absolute Gasteiger partial charge is 0.307 e. The number of nitrogens with zero attached hydrogens (tertiary/aromatic N) is 1. The van der Waals surface area contributed by atoms with Gasteiger partial charge in [0.05, 0.1) is 11.3 Å². The Morgan fingerprint density at radius 3 is 2.48 bits per heavy atom. The lowest BCUT2D eigenvalue weighted by molar-refractivity contribution is -0.384. The number of aliphatic carboxylic acids is 1. The quantitative estimate of drug-likeness (QED) is 0.502. The second-order valence-electron chi connectivity index (χ2n) is 4.43. The van der Waals surface area contributed by atoms with Gasteiger partial charge in [0.1, 0.15) is 0 Å². The highest BCUT2D eigenvalue weighted by Crippen LogP contribution is 2.25. The first-order valence-corrected chi connectivity index (χ1v) is 7.20. The van der Waals surface area contributed by atoms with Crippen molar-refractivity contribution in [2.75, 3.05) is 0 Å². The molecule has 6 heteroatoms. The van der Waals surface area contributed by atoms with Gasteiger partial charge in [0.25, 0.3) is 5.69 Å². The maximum atomic E-state index is 10.7. The highest BCUT2D eigenvalue weighted by Gasteiger charge is 2.06. The zero-order chi connectivity index (χ0) is 15.2. The Morgan fingerprint density at radius 2 is 1.86 bits per heavy atom. The maximum absolute atomic E-state index is 10.7. The molecule has 0 aromatic heterocycles. The van der Waals surface area contributed by atoms with Crippen molar-refractivity contribution in [1.29, 1.82) is 0 Å². The molecule has 0 atom stereocenters. The van der Waals surface area contributed by atoms with Gasteiger partial charge in [-0.15, -0.1) is 11.8 Å². The van der Waals surface area contributed by atoms with Crippen LogP contribution in [0.3, 0.4) is 0 Å². The number of hydrogen-bond acceptors (Lipinski definition) is 4. The summed E-state index contributed by atoms with van der Waals surface area (Å²) >= 11 is 1.55. The lowest BCUT2D eigenvalue weighted by Gasteiger charge is -2.03. The first-order valence-electron chi connectivity index (χ1n) is 6.21. The molecule has 0 amide bonds. The number of carboxylic acids is 1. The van der Waals surface area contributed by atoms with Gasteiger partial charge in [-0.1, -0.05) is 24.3 Å². The zero-order valence-corrected chi connectivity index (χ0v) is 11.9. The molecular formula is C15H13NO4S. The average molecular weight is 303 g/mol. The minimum absolute atomic E-state index is 0.00975. The van der Waals surface area contributed by atoms with Crippen LogP contribution < -0.4 is 0 Å². The number of rotatable bonds is 6. The number of nitro benzene ring substituents is 1. The molecule has 0 aliphatic carbocycles. The monoisotopic (exact) mass is 303 g/mol. The third kappa shape index (κ3) is 4.61. The number of benzene rings is 2. The highest BCUT2D eigenvalue weighted by atomic mass is 32.2. The molecule has 0 heterocycles. The molecule has 2 rings (SSSR count). The van der Waals surface area contributed by atoms with E-state index in [1.807, 2.05) is 18.2 Å².